The lowest BCUT2D eigenvalue weighted by molar-refractivity contribution is -0.0361. The fourth-order valence-electron chi connectivity index (χ4n) is 4.75. The zero-order valence-electron chi connectivity index (χ0n) is 18.2. The van der Waals surface area contributed by atoms with Crippen molar-refractivity contribution < 1.29 is 8.78 Å². The third kappa shape index (κ3) is 3.67. The Labute approximate surface area is 189 Å². The molecule has 2 aliphatic rings. The summed E-state index contributed by atoms with van der Waals surface area (Å²) in [6.07, 6.45) is 13.0. The molecule has 33 heavy (non-hydrogen) atoms. The van der Waals surface area contributed by atoms with Gasteiger partial charge >= 0.3 is 0 Å². The third-order valence-corrected chi connectivity index (χ3v) is 6.56. The first-order chi connectivity index (χ1) is 15.9. The number of anilines is 1. The Kier molecular flexibility index (Phi) is 4.53. The summed E-state index contributed by atoms with van der Waals surface area (Å²) in [4.78, 5) is 9.19. The van der Waals surface area contributed by atoms with Crippen molar-refractivity contribution in [2.24, 2.45) is 7.05 Å². The molecule has 6 rings (SSSR count). The summed E-state index contributed by atoms with van der Waals surface area (Å²) in [5.74, 6) is -2.02. The van der Waals surface area contributed by atoms with E-state index in [1.54, 1.807) is 4.68 Å². The Hall–Kier alpha value is -3.62. The average molecular weight is 447 g/mol. The van der Waals surface area contributed by atoms with Crippen LogP contribution in [-0.2, 0) is 13.5 Å². The summed E-state index contributed by atoms with van der Waals surface area (Å²) < 4.78 is 30.5. The van der Waals surface area contributed by atoms with Gasteiger partial charge in [0.2, 0.25) is 11.9 Å². The van der Waals surface area contributed by atoms with Crippen molar-refractivity contribution in [1.82, 2.24) is 29.4 Å². The minimum absolute atomic E-state index is 0.00771. The molecule has 0 amide bonds. The number of hydrogen-bond donors (Lipinski definition) is 1. The minimum Gasteiger partial charge on any atom is -0.351 e. The van der Waals surface area contributed by atoms with Crippen LogP contribution in [0.5, 0.6) is 0 Å². The van der Waals surface area contributed by atoms with E-state index in [9.17, 15) is 8.78 Å². The molecule has 2 aliphatic carbocycles. The molecule has 0 spiro atoms. The van der Waals surface area contributed by atoms with Crippen molar-refractivity contribution >= 4 is 17.0 Å². The highest BCUT2D eigenvalue weighted by atomic mass is 19.3. The van der Waals surface area contributed by atoms with Gasteiger partial charge in [0.15, 0.2) is 0 Å². The van der Waals surface area contributed by atoms with Crippen LogP contribution in [0, 0.1) is 0 Å². The zero-order chi connectivity index (χ0) is 22.6. The van der Waals surface area contributed by atoms with Crippen molar-refractivity contribution in [3.63, 3.8) is 0 Å². The standard InChI is InChI=1S/C24H23F2N7/c1-32-14-16(11-28-32)19-13-29-33-9-6-15(10-22(19)33)18-2-3-21-20(18)12-27-23(31-21)30-17-4-7-24(25,26)8-5-17/h2,6,9-14,17H,3-5,7-8H2,1H3,(H,27,30,31). The number of aryl methyl sites for hydroxylation is 1. The number of nitrogens with one attached hydrogen (secondary N) is 1. The number of pyridine rings is 1. The smallest absolute Gasteiger partial charge is 0.248 e. The first-order valence-corrected chi connectivity index (χ1v) is 11.1. The minimum atomic E-state index is -2.54. The summed E-state index contributed by atoms with van der Waals surface area (Å²) in [6, 6.07) is 4.17. The molecule has 9 heteroatoms. The van der Waals surface area contributed by atoms with Gasteiger partial charge in [-0.3, -0.25) is 4.68 Å². The topological polar surface area (TPSA) is 72.9 Å². The van der Waals surface area contributed by atoms with Gasteiger partial charge in [-0.2, -0.15) is 10.2 Å². The van der Waals surface area contributed by atoms with Crippen LogP contribution in [0.15, 0.2) is 49.2 Å². The van der Waals surface area contributed by atoms with Crippen molar-refractivity contribution in [3.05, 3.63) is 66.0 Å². The SMILES string of the molecule is Cn1cc(-c2cnn3ccc(C4=CCc5nc(NC6CCC(F)(F)CC6)ncc54)cc23)cn1. The summed E-state index contributed by atoms with van der Waals surface area (Å²) in [7, 11) is 1.90. The van der Waals surface area contributed by atoms with Crippen LogP contribution in [0.2, 0.25) is 0 Å². The maximum Gasteiger partial charge on any atom is 0.248 e. The normalized spacial score (nSPS) is 17.8. The molecule has 0 bridgehead atoms. The molecule has 4 aromatic rings. The second-order valence-electron chi connectivity index (χ2n) is 8.86. The molecule has 0 saturated heterocycles. The van der Waals surface area contributed by atoms with E-state index in [-0.39, 0.29) is 18.9 Å². The van der Waals surface area contributed by atoms with E-state index in [2.05, 4.69) is 37.6 Å². The van der Waals surface area contributed by atoms with E-state index in [4.69, 9.17) is 0 Å². The van der Waals surface area contributed by atoms with Gasteiger partial charge in [-0.05, 0) is 36.1 Å². The molecule has 4 heterocycles. The number of fused-ring (bicyclic) bond motifs is 2. The predicted octanol–water partition coefficient (Wildman–Crippen LogP) is 4.50. The predicted molar refractivity (Wildman–Crippen MR) is 121 cm³/mol. The number of halogens is 2. The van der Waals surface area contributed by atoms with Crippen molar-refractivity contribution in [3.8, 4) is 11.1 Å². The molecular weight excluding hydrogens is 424 g/mol. The fourth-order valence-corrected chi connectivity index (χ4v) is 4.75. The van der Waals surface area contributed by atoms with E-state index in [0.717, 1.165) is 39.0 Å². The van der Waals surface area contributed by atoms with Crippen LogP contribution in [-0.4, -0.2) is 41.3 Å². The number of nitrogens with zero attached hydrogens (tertiary/aromatic N) is 6. The van der Waals surface area contributed by atoms with Gasteiger partial charge in [0.1, 0.15) is 0 Å². The first-order valence-electron chi connectivity index (χ1n) is 11.1. The van der Waals surface area contributed by atoms with Gasteiger partial charge in [0.05, 0.1) is 23.6 Å². The molecule has 1 saturated carbocycles. The number of allylic oxidation sites excluding steroid dienone is 1. The molecule has 0 radical (unpaired) electrons. The lowest BCUT2D eigenvalue weighted by atomic mass is 9.92. The Morgan fingerprint density at radius 1 is 1.06 bits per heavy atom. The monoisotopic (exact) mass is 447 g/mol. The highest BCUT2D eigenvalue weighted by Crippen LogP contribution is 2.36. The molecule has 0 unspecified atom stereocenters. The average Bonchev–Trinajstić information content (AvgIpc) is 3.52. The third-order valence-electron chi connectivity index (χ3n) is 6.56. The maximum atomic E-state index is 13.4. The highest BCUT2D eigenvalue weighted by molar-refractivity contribution is 5.88. The van der Waals surface area contributed by atoms with Crippen molar-refractivity contribution in [2.75, 3.05) is 5.32 Å². The van der Waals surface area contributed by atoms with E-state index in [1.807, 2.05) is 48.6 Å². The fraction of sp³-hybridized carbons (Fsp3) is 0.333. The molecule has 168 valence electrons. The molecule has 0 aliphatic heterocycles. The molecule has 0 aromatic carbocycles. The van der Waals surface area contributed by atoms with Gasteiger partial charge in [-0.25, -0.2) is 23.3 Å². The summed E-state index contributed by atoms with van der Waals surface area (Å²) in [6.45, 7) is 0. The van der Waals surface area contributed by atoms with Gasteiger partial charge in [0.25, 0.3) is 0 Å². The molecule has 1 N–H and O–H groups in total. The molecule has 1 fully saturated rings. The van der Waals surface area contributed by atoms with E-state index < -0.39 is 5.92 Å². The summed E-state index contributed by atoms with van der Waals surface area (Å²) in [5.41, 5.74) is 7.16. The molecular formula is C24H23F2N7. The number of aromatic nitrogens is 6. The Morgan fingerprint density at radius 2 is 1.91 bits per heavy atom. The van der Waals surface area contributed by atoms with E-state index in [0.29, 0.717) is 25.2 Å². The number of hydrogen-bond acceptors (Lipinski definition) is 5. The number of alkyl halides is 2. The number of rotatable bonds is 4. The van der Waals surface area contributed by atoms with Gasteiger partial charge in [0, 0.05) is 67.6 Å². The lowest BCUT2D eigenvalue weighted by Gasteiger charge is -2.28. The van der Waals surface area contributed by atoms with Crippen molar-refractivity contribution in [1.29, 1.82) is 0 Å². The summed E-state index contributed by atoms with van der Waals surface area (Å²) in [5, 5.41) is 12.0. The Balaban J connectivity index is 1.26. The molecule has 7 nitrogen and oxygen atoms in total. The van der Waals surface area contributed by atoms with Crippen LogP contribution in [0.25, 0.3) is 22.2 Å². The van der Waals surface area contributed by atoms with E-state index >= 15 is 0 Å². The van der Waals surface area contributed by atoms with Gasteiger partial charge in [-0.1, -0.05) is 6.08 Å². The van der Waals surface area contributed by atoms with Gasteiger partial charge < -0.3 is 5.32 Å². The van der Waals surface area contributed by atoms with Crippen LogP contribution in [0.1, 0.15) is 42.5 Å². The highest BCUT2D eigenvalue weighted by Gasteiger charge is 2.35. The van der Waals surface area contributed by atoms with Crippen LogP contribution in [0.4, 0.5) is 14.7 Å². The molecule has 0 atom stereocenters. The lowest BCUT2D eigenvalue weighted by Crippen LogP contribution is -2.32. The maximum absolute atomic E-state index is 13.4. The second-order valence-corrected chi connectivity index (χ2v) is 8.86. The summed E-state index contributed by atoms with van der Waals surface area (Å²) >= 11 is 0. The molecule has 4 aromatic heterocycles. The van der Waals surface area contributed by atoms with Crippen LogP contribution in [0.3, 0.4) is 0 Å². The quantitative estimate of drug-likeness (QED) is 0.499. The second kappa shape index (κ2) is 7.47. The zero-order valence-corrected chi connectivity index (χ0v) is 18.2. The van der Waals surface area contributed by atoms with Gasteiger partial charge in [-0.15, -0.1) is 0 Å². The van der Waals surface area contributed by atoms with E-state index in [1.165, 1.54) is 0 Å². The van der Waals surface area contributed by atoms with Crippen LogP contribution >= 0.6 is 0 Å². The Bertz CT molecular complexity index is 1370. The van der Waals surface area contributed by atoms with Crippen molar-refractivity contribution in [2.45, 2.75) is 44.1 Å². The van der Waals surface area contributed by atoms with Crippen LogP contribution < -0.4 is 5.32 Å². The Morgan fingerprint density at radius 3 is 2.70 bits per heavy atom. The first kappa shape index (κ1) is 20.0. The largest absolute Gasteiger partial charge is 0.351 e.